The molecular formula is C31H37N7O3. The molecule has 1 saturated heterocycles. The zero-order valence-electron chi connectivity index (χ0n) is 23.9. The quantitative estimate of drug-likeness (QED) is 0.286. The molecule has 1 saturated carbocycles. The number of carbonyl (C=O) groups is 1. The molecule has 1 aliphatic carbocycles. The lowest BCUT2D eigenvalue weighted by molar-refractivity contribution is -0.134. The maximum atomic E-state index is 12.4. The molecule has 214 valence electrons. The van der Waals surface area contributed by atoms with E-state index < -0.39 is 0 Å². The van der Waals surface area contributed by atoms with Crippen molar-refractivity contribution in [2.45, 2.75) is 33.2 Å². The summed E-state index contributed by atoms with van der Waals surface area (Å²) in [7, 11) is 1.61. The van der Waals surface area contributed by atoms with E-state index in [9.17, 15) is 4.79 Å². The monoisotopic (exact) mass is 555 g/mol. The average molecular weight is 556 g/mol. The van der Waals surface area contributed by atoms with Gasteiger partial charge in [-0.05, 0) is 60.2 Å². The number of H-pyrrole nitrogens is 1. The number of pyridine rings is 2. The van der Waals surface area contributed by atoms with Crippen LogP contribution in [0.15, 0.2) is 48.8 Å². The predicted octanol–water partition coefficient (Wildman–Crippen LogP) is 4.86. The molecule has 10 heteroatoms. The first-order chi connectivity index (χ1) is 20.0. The van der Waals surface area contributed by atoms with E-state index in [2.05, 4.69) is 45.1 Å². The van der Waals surface area contributed by atoms with Crippen LogP contribution in [0.2, 0.25) is 0 Å². The van der Waals surface area contributed by atoms with Crippen molar-refractivity contribution in [3.05, 3.63) is 54.4 Å². The topological polar surface area (TPSA) is 109 Å². The molecule has 2 N–H and O–H groups in total. The minimum Gasteiger partial charge on any atom is -0.490 e. The SMILES string of the molecule is COc1cc(-c2ccc3[nH]c(Nc4cc(CN5CCN(C(=O)C6CC6)CC5)ccn4)nc3c2OCC(C)C)ccn1. The summed E-state index contributed by atoms with van der Waals surface area (Å²) in [6, 6.07) is 12.0. The number of aromatic amines is 1. The number of carbonyl (C=O) groups excluding carboxylic acids is 1. The van der Waals surface area contributed by atoms with Crippen LogP contribution in [-0.4, -0.2) is 75.5 Å². The third-order valence-electron chi connectivity index (χ3n) is 7.51. The maximum absolute atomic E-state index is 12.4. The zero-order chi connectivity index (χ0) is 28.3. The number of rotatable bonds is 10. The summed E-state index contributed by atoms with van der Waals surface area (Å²) >= 11 is 0. The number of imidazole rings is 1. The summed E-state index contributed by atoms with van der Waals surface area (Å²) < 4.78 is 11.7. The second-order valence-electron chi connectivity index (χ2n) is 11.3. The number of aromatic nitrogens is 4. The lowest BCUT2D eigenvalue weighted by atomic mass is 10.0. The maximum Gasteiger partial charge on any atom is 0.225 e. The Balaban J connectivity index is 1.19. The van der Waals surface area contributed by atoms with Gasteiger partial charge in [-0.2, -0.15) is 0 Å². The molecule has 3 aromatic heterocycles. The molecule has 0 atom stereocenters. The number of piperazine rings is 1. The molecule has 0 radical (unpaired) electrons. The van der Waals surface area contributed by atoms with E-state index in [1.807, 2.05) is 41.4 Å². The van der Waals surface area contributed by atoms with Gasteiger partial charge in [-0.3, -0.25) is 9.69 Å². The van der Waals surface area contributed by atoms with Crippen LogP contribution in [0.4, 0.5) is 11.8 Å². The molecule has 1 amide bonds. The Morgan fingerprint density at radius 2 is 1.88 bits per heavy atom. The molecule has 1 aliphatic heterocycles. The molecule has 4 aromatic rings. The van der Waals surface area contributed by atoms with Gasteiger partial charge in [0.05, 0.1) is 19.2 Å². The fraction of sp³-hybridized carbons (Fsp3) is 0.419. The molecule has 2 fully saturated rings. The van der Waals surface area contributed by atoms with Gasteiger partial charge in [0.2, 0.25) is 17.7 Å². The number of nitrogens with one attached hydrogen (secondary N) is 2. The molecule has 6 rings (SSSR count). The molecule has 0 bridgehead atoms. The highest BCUT2D eigenvalue weighted by Crippen LogP contribution is 2.38. The number of fused-ring (bicyclic) bond motifs is 1. The standard InChI is InChI=1S/C31H37N7O3/c1-20(2)19-41-29-24(23-9-11-33-27(17-23)40-3)6-7-25-28(29)36-31(34-25)35-26-16-21(8-10-32-26)18-37-12-14-38(15-13-37)30(39)22-4-5-22/h6-11,16-17,20,22H,4-5,12-15,18-19H2,1-3H3,(H2,32,34,35,36). The molecule has 41 heavy (non-hydrogen) atoms. The van der Waals surface area contributed by atoms with Crippen molar-refractivity contribution in [2.24, 2.45) is 11.8 Å². The van der Waals surface area contributed by atoms with Crippen molar-refractivity contribution in [2.75, 3.05) is 45.2 Å². The van der Waals surface area contributed by atoms with Crippen molar-refractivity contribution in [1.29, 1.82) is 0 Å². The van der Waals surface area contributed by atoms with Crippen LogP contribution in [0.25, 0.3) is 22.2 Å². The van der Waals surface area contributed by atoms with Gasteiger partial charge >= 0.3 is 0 Å². The molecule has 1 aromatic carbocycles. The third kappa shape index (κ3) is 6.27. The highest BCUT2D eigenvalue weighted by Gasteiger charge is 2.34. The van der Waals surface area contributed by atoms with E-state index in [-0.39, 0.29) is 5.92 Å². The first kappa shape index (κ1) is 27.0. The van der Waals surface area contributed by atoms with Gasteiger partial charge in [-0.15, -0.1) is 0 Å². The molecule has 0 spiro atoms. The van der Waals surface area contributed by atoms with Crippen LogP contribution in [0.5, 0.6) is 11.6 Å². The first-order valence-electron chi connectivity index (χ1n) is 14.4. The largest absolute Gasteiger partial charge is 0.490 e. The van der Waals surface area contributed by atoms with Crippen LogP contribution < -0.4 is 14.8 Å². The Morgan fingerprint density at radius 1 is 1.07 bits per heavy atom. The number of hydrogen-bond acceptors (Lipinski definition) is 8. The number of benzene rings is 1. The highest BCUT2D eigenvalue weighted by atomic mass is 16.5. The summed E-state index contributed by atoms with van der Waals surface area (Å²) in [5.41, 5.74) is 4.65. The van der Waals surface area contributed by atoms with Crippen LogP contribution >= 0.6 is 0 Å². The number of nitrogens with zero attached hydrogens (tertiary/aromatic N) is 5. The number of amides is 1. The normalized spacial score (nSPS) is 15.9. The van der Waals surface area contributed by atoms with Gasteiger partial charge in [0.25, 0.3) is 0 Å². The predicted molar refractivity (Wildman–Crippen MR) is 158 cm³/mol. The third-order valence-corrected chi connectivity index (χ3v) is 7.51. The van der Waals surface area contributed by atoms with Crippen molar-refractivity contribution in [3.8, 4) is 22.8 Å². The van der Waals surface area contributed by atoms with E-state index >= 15 is 0 Å². The molecule has 10 nitrogen and oxygen atoms in total. The Morgan fingerprint density at radius 3 is 2.63 bits per heavy atom. The molecule has 2 aliphatic rings. The number of ether oxygens (including phenoxy) is 2. The van der Waals surface area contributed by atoms with Gasteiger partial charge < -0.3 is 24.7 Å². The lowest BCUT2D eigenvalue weighted by Gasteiger charge is -2.34. The van der Waals surface area contributed by atoms with Crippen LogP contribution in [0, 0.1) is 11.8 Å². The summed E-state index contributed by atoms with van der Waals surface area (Å²) in [6.45, 7) is 9.01. The van der Waals surface area contributed by atoms with E-state index in [1.165, 1.54) is 0 Å². The van der Waals surface area contributed by atoms with Crippen molar-refractivity contribution in [1.82, 2.24) is 29.7 Å². The van der Waals surface area contributed by atoms with Crippen LogP contribution in [0.1, 0.15) is 32.3 Å². The Hall–Kier alpha value is -4.18. The fourth-order valence-electron chi connectivity index (χ4n) is 5.16. The minimum absolute atomic E-state index is 0.289. The number of hydrogen-bond donors (Lipinski definition) is 2. The van der Waals surface area contributed by atoms with Crippen molar-refractivity contribution in [3.63, 3.8) is 0 Å². The van der Waals surface area contributed by atoms with Gasteiger partial charge in [0.15, 0.2) is 5.75 Å². The Bertz CT molecular complexity index is 1520. The van der Waals surface area contributed by atoms with Crippen LogP contribution in [0.3, 0.4) is 0 Å². The number of anilines is 2. The second kappa shape index (κ2) is 11.7. The summed E-state index contributed by atoms with van der Waals surface area (Å²) in [4.78, 5) is 33.8. The van der Waals surface area contributed by atoms with Crippen LogP contribution in [-0.2, 0) is 11.3 Å². The highest BCUT2D eigenvalue weighted by molar-refractivity contribution is 5.92. The smallest absolute Gasteiger partial charge is 0.225 e. The summed E-state index contributed by atoms with van der Waals surface area (Å²) in [6.07, 6.45) is 5.67. The number of methoxy groups -OCH3 is 1. The van der Waals surface area contributed by atoms with Crippen molar-refractivity contribution >= 4 is 28.7 Å². The van der Waals surface area contributed by atoms with Gasteiger partial charge in [-0.1, -0.05) is 13.8 Å². The Kier molecular flexibility index (Phi) is 7.74. The lowest BCUT2D eigenvalue weighted by Crippen LogP contribution is -2.48. The Labute approximate surface area is 240 Å². The van der Waals surface area contributed by atoms with E-state index in [1.54, 1.807) is 13.3 Å². The summed E-state index contributed by atoms with van der Waals surface area (Å²) in [5.74, 6) is 3.56. The second-order valence-corrected chi connectivity index (χ2v) is 11.3. The zero-order valence-corrected chi connectivity index (χ0v) is 23.9. The summed E-state index contributed by atoms with van der Waals surface area (Å²) in [5, 5.41) is 3.35. The van der Waals surface area contributed by atoms with Crippen molar-refractivity contribution < 1.29 is 14.3 Å². The van der Waals surface area contributed by atoms with Gasteiger partial charge in [0, 0.05) is 62.7 Å². The average Bonchev–Trinajstić information content (AvgIpc) is 3.75. The fourth-order valence-corrected chi connectivity index (χ4v) is 5.16. The molecular weight excluding hydrogens is 518 g/mol. The van der Waals surface area contributed by atoms with E-state index in [0.717, 1.165) is 79.0 Å². The van der Waals surface area contributed by atoms with Gasteiger partial charge in [0.1, 0.15) is 11.3 Å². The molecule has 0 unspecified atom stereocenters. The minimum atomic E-state index is 0.289. The van der Waals surface area contributed by atoms with E-state index in [4.69, 9.17) is 14.5 Å². The van der Waals surface area contributed by atoms with E-state index in [0.29, 0.717) is 36.1 Å². The first-order valence-corrected chi connectivity index (χ1v) is 14.4. The molecule has 4 heterocycles. The van der Waals surface area contributed by atoms with Gasteiger partial charge in [-0.25, -0.2) is 15.0 Å².